The van der Waals surface area contributed by atoms with E-state index in [9.17, 15) is 17.6 Å². The van der Waals surface area contributed by atoms with E-state index >= 15 is 0 Å². The molecule has 0 aliphatic heterocycles. The molecule has 0 aliphatic rings. The van der Waals surface area contributed by atoms with Crippen molar-refractivity contribution >= 4 is 15.9 Å². The second-order valence-corrected chi connectivity index (χ2v) is 8.34. The number of aryl methyl sites for hydroxylation is 2. The van der Waals surface area contributed by atoms with Crippen LogP contribution in [-0.2, 0) is 14.8 Å². The van der Waals surface area contributed by atoms with Crippen molar-refractivity contribution in [2.45, 2.75) is 38.1 Å². The lowest BCUT2D eigenvalue weighted by atomic mass is 10.1. The Morgan fingerprint density at radius 2 is 1.86 bits per heavy atom. The molecule has 1 atom stereocenters. The van der Waals surface area contributed by atoms with E-state index in [0.29, 0.717) is 5.56 Å². The Hall–Kier alpha value is -2.45. The van der Waals surface area contributed by atoms with Gasteiger partial charge in [0, 0.05) is 13.0 Å². The third-order valence-electron chi connectivity index (χ3n) is 4.49. The van der Waals surface area contributed by atoms with Gasteiger partial charge >= 0.3 is 0 Å². The van der Waals surface area contributed by atoms with E-state index in [4.69, 9.17) is 4.74 Å². The number of rotatable bonds is 8. The quantitative estimate of drug-likeness (QED) is 0.703. The van der Waals surface area contributed by atoms with Crippen molar-refractivity contribution in [3.63, 3.8) is 0 Å². The highest BCUT2D eigenvalue weighted by molar-refractivity contribution is 7.89. The summed E-state index contributed by atoms with van der Waals surface area (Å²) in [5.74, 6) is -0.725. The second kappa shape index (κ2) is 9.16. The lowest BCUT2D eigenvalue weighted by Crippen LogP contribution is -2.32. The van der Waals surface area contributed by atoms with Gasteiger partial charge in [0.1, 0.15) is 0 Å². The minimum Gasteiger partial charge on any atom is -0.494 e. The van der Waals surface area contributed by atoms with E-state index in [-0.39, 0.29) is 29.5 Å². The maximum absolute atomic E-state index is 13.8. The Balaban J connectivity index is 1.89. The number of methoxy groups -OCH3 is 1. The fraction of sp³-hybridized carbons (Fsp3) is 0.350. The molecule has 28 heavy (non-hydrogen) atoms. The van der Waals surface area contributed by atoms with E-state index in [1.54, 1.807) is 25.1 Å². The minimum absolute atomic E-state index is 0.0347. The molecule has 0 aliphatic carbocycles. The van der Waals surface area contributed by atoms with Gasteiger partial charge in [0.05, 0.1) is 18.0 Å². The Bertz CT molecular complexity index is 961. The van der Waals surface area contributed by atoms with Gasteiger partial charge in [-0.1, -0.05) is 12.1 Å². The zero-order chi connectivity index (χ0) is 20.9. The summed E-state index contributed by atoms with van der Waals surface area (Å²) < 4.78 is 45.7. The molecule has 0 heterocycles. The van der Waals surface area contributed by atoms with Crippen molar-refractivity contribution in [1.82, 2.24) is 10.0 Å². The van der Waals surface area contributed by atoms with E-state index in [0.717, 1.165) is 11.1 Å². The van der Waals surface area contributed by atoms with Crippen LogP contribution in [0.4, 0.5) is 4.39 Å². The molecule has 0 aromatic heterocycles. The predicted molar refractivity (Wildman–Crippen MR) is 105 cm³/mol. The SMILES string of the molecule is COc1ccc([C@H](C)NC(=O)CCNS(=O)(=O)c2ccc(C)c(C)c2)cc1F. The summed E-state index contributed by atoms with van der Waals surface area (Å²) in [6.45, 7) is 5.42. The normalized spacial score (nSPS) is 12.5. The third kappa shape index (κ3) is 5.53. The van der Waals surface area contributed by atoms with Crippen molar-refractivity contribution < 1.29 is 22.3 Å². The van der Waals surface area contributed by atoms with Crippen molar-refractivity contribution in [1.29, 1.82) is 0 Å². The van der Waals surface area contributed by atoms with Crippen molar-refractivity contribution in [3.8, 4) is 5.75 Å². The number of amides is 1. The summed E-state index contributed by atoms with van der Waals surface area (Å²) in [7, 11) is -2.31. The van der Waals surface area contributed by atoms with Crippen LogP contribution in [0, 0.1) is 19.7 Å². The predicted octanol–water partition coefficient (Wildman–Crippen LogP) is 3.00. The zero-order valence-electron chi connectivity index (χ0n) is 16.4. The van der Waals surface area contributed by atoms with Gasteiger partial charge in [0.25, 0.3) is 0 Å². The van der Waals surface area contributed by atoms with E-state index in [1.807, 2.05) is 13.8 Å². The summed E-state index contributed by atoms with van der Waals surface area (Å²) in [5, 5.41) is 2.72. The molecular formula is C20H25FN2O4S. The molecule has 0 unspecified atom stereocenters. The van der Waals surface area contributed by atoms with Gasteiger partial charge in [-0.2, -0.15) is 0 Å². The number of sulfonamides is 1. The van der Waals surface area contributed by atoms with Gasteiger partial charge < -0.3 is 10.1 Å². The van der Waals surface area contributed by atoms with Gasteiger partial charge in [0.2, 0.25) is 15.9 Å². The van der Waals surface area contributed by atoms with E-state index in [1.165, 1.54) is 25.3 Å². The fourth-order valence-corrected chi connectivity index (χ4v) is 3.73. The van der Waals surface area contributed by atoms with Gasteiger partial charge in [-0.3, -0.25) is 4.79 Å². The molecule has 0 radical (unpaired) electrons. The number of ether oxygens (including phenoxy) is 1. The molecular weight excluding hydrogens is 383 g/mol. The molecule has 8 heteroatoms. The van der Waals surface area contributed by atoms with Crippen LogP contribution in [0.1, 0.15) is 36.1 Å². The van der Waals surface area contributed by atoms with Crippen LogP contribution in [0.15, 0.2) is 41.3 Å². The highest BCUT2D eigenvalue weighted by Crippen LogP contribution is 2.21. The smallest absolute Gasteiger partial charge is 0.240 e. The maximum atomic E-state index is 13.8. The first-order valence-corrected chi connectivity index (χ1v) is 10.3. The molecule has 2 N–H and O–H groups in total. The summed E-state index contributed by atoms with van der Waals surface area (Å²) in [4.78, 5) is 12.3. The molecule has 0 saturated carbocycles. The maximum Gasteiger partial charge on any atom is 0.240 e. The molecule has 152 valence electrons. The summed E-state index contributed by atoms with van der Waals surface area (Å²) in [5.41, 5.74) is 2.46. The van der Waals surface area contributed by atoms with Crippen LogP contribution in [0.25, 0.3) is 0 Å². The number of hydrogen-bond acceptors (Lipinski definition) is 4. The van der Waals surface area contributed by atoms with E-state index in [2.05, 4.69) is 10.0 Å². The molecule has 0 spiro atoms. The van der Waals surface area contributed by atoms with Crippen molar-refractivity contribution in [3.05, 3.63) is 58.9 Å². The first kappa shape index (κ1) is 21.8. The van der Waals surface area contributed by atoms with Crippen LogP contribution in [-0.4, -0.2) is 28.0 Å². The van der Waals surface area contributed by atoms with E-state index < -0.39 is 21.9 Å². The highest BCUT2D eigenvalue weighted by Gasteiger charge is 2.16. The molecule has 0 bridgehead atoms. The van der Waals surface area contributed by atoms with Crippen LogP contribution in [0.2, 0.25) is 0 Å². The Kier molecular flexibility index (Phi) is 7.15. The number of carbonyl (C=O) groups excluding carboxylic acids is 1. The summed E-state index contributed by atoms with van der Waals surface area (Å²) >= 11 is 0. The average molecular weight is 408 g/mol. The monoisotopic (exact) mass is 408 g/mol. The number of nitrogens with one attached hydrogen (secondary N) is 2. The van der Waals surface area contributed by atoms with Gasteiger partial charge in [-0.05, 0) is 61.7 Å². The topological polar surface area (TPSA) is 84.5 Å². The largest absolute Gasteiger partial charge is 0.494 e. The summed E-state index contributed by atoms with van der Waals surface area (Å²) in [6.07, 6.45) is -0.0347. The Labute approximate surface area is 165 Å². The Morgan fingerprint density at radius 3 is 2.46 bits per heavy atom. The number of hydrogen-bond donors (Lipinski definition) is 2. The van der Waals surface area contributed by atoms with Crippen LogP contribution in [0.3, 0.4) is 0 Å². The standard InChI is InChI=1S/C20H25FN2O4S/c1-13-5-7-17(11-14(13)2)28(25,26)22-10-9-20(24)23-15(3)16-6-8-19(27-4)18(21)12-16/h5-8,11-12,15,22H,9-10H2,1-4H3,(H,23,24)/t15-/m0/s1. The van der Waals surface area contributed by atoms with Crippen LogP contribution in [0.5, 0.6) is 5.75 Å². The van der Waals surface area contributed by atoms with Gasteiger partial charge in [-0.15, -0.1) is 0 Å². The Morgan fingerprint density at radius 1 is 1.14 bits per heavy atom. The lowest BCUT2D eigenvalue weighted by molar-refractivity contribution is -0.121. The van der Waals surface area contributed by atoms with Gasteiger partial charge in [-0.25, -0.2) is 17.5 Å². The van der Waals surface area contributed by atoms with Crippen molar-refractivity contribution in [2.24, 2.45) is 0 Å². The minimum atomic E-state index is -3.68. The first-order chi connectivity index (χ1) is 13.1. The number of carbonyl (C=O) groups is 1. The third-order valence-corrected chi connectivity index (χ3v) is 5.94. The zero-order valence-corrected chi connectivity index (χ0v) is 17.2. The first-order valence-electron chi connectivity index (χ1n) is 8.83. The fourth-order valence-electron chi connectivity index (χ4n) is 2.61. The average Bonchev–Trinajstić information content (AvgIpc) is 2.63. The summed E-state index contributed by atoms with van der Waals surface area (Å²) in [6, 6.07) is 8.89. The highest BCUT2D eigenvalue weighted by atomic mass is 32.2. The van der Waals surface area contributed by atoms with Crippen LogP contribution >= 0.6 is 0 Å². The number of halogens is 1. The van der Waals surface area contributed by atoms with Gasteiger partial charge in [0.15, 0.2) is 11.6 Å². The number of benzene rings is 2. The lowest BCUT2D eigenvalue weighted by Gasteiger charge is -2.15. The molecule has 0 fully saturated rings. The molecule has 1 amide bonds. The molecule has 2 aromatic carbocycles. The molecule has 6 nitrogen and oxygen atoms in total. The molecule has 2 rings (SSSR count). The van der Waals surface area contributed by atoms with Crippen LogP contribution < -0.4 is 14.8 Å². The molecule has 0 saturated heterocycles. The molecule has 2 aromatic rings. The van der Waals surface area contributed by atoms with Crippen molar-refractivity contribution in [2.75, 3.05) is 13.7 Å². The second-order valence-electron chi connectivity index (χ2n) is 6.58.